The Morgan fingerprint density at radius 3 is 1.55 bits per heavy atom. The van der Waals surface area contributed by atoms with E-state index in [1.54, 1.807) is 0 Å². The highest BCUT2D eigenvalue weighted by molar-refractivity contribution is 5.85. The van der Waals surface area contributed by atoms with Crippen molar-refractivity contribution in [3.63, 3.8) is 0 Å². The van der Waals surface area contributed by atoms with Crippen LogP contribution in [0.1, 0.15) is 90.4 Å². The van der Waals surface area contributed by atoms with E-state index in [-0.39, 0.29) is 0 Å². The Hall–Kier alpha value is -1.26. The van der Waals surface area contributed by atoms with Gasteiger partial charge in [-0.15, -0.1) is 0 Å². The summed E-state index contributed by atoms with van der Waals surface area (Å²) in [7, 11) is 0. The molecule has 0 aromatic heterocycles. The van der Waals surface area contributed by atoms with E-state index in [2.05, 4.69) is 12.2 Å². The summed E-state index contributed by atoms with van der Waals surface area (Å²) < 4.78 is 0. The summed E-state index contributed by atoms with van der Waals surface area (Å²) in [5.74, 6) is -0.512. The first kappa shape index (κ1) is 20.7. The maximum atomic E-state index is 11.1. The number of nitrogens with one attached hydrogen (secondary N) is 1. The van der Waals surface area contributed by atoms with Gasteiger partial charge in [-0.05, 0) is 6.42 Å². The van der Waals surface area contributed by atoms with E-state index in [0.717, 1.165) is 12.8 Å². The van der Waals surface area contributed by atoms with Crippen LogP contribution in [0.4, 0.5) is 4.79 Å². The molecule has 0 aromatic carbocycles. The van der Waals surface area contributed by atoms with Crippen molar-refractivity contribution in [2.45, 2.75) is 96.4 Å². The number of nitrogens with two attached hydrogens (primary N) is 2. The number of carbonyl (C=O) groups is 2. The first-order valence-electron chi connectivity index (χ1n) is 8.93. The van der Waals surface area contributed by atoms with Crippen LogP contribution in [0.5, 0.6) is 0 Å². The second-order valence-corrected chi connectivity index (χ2v) is 6.14. The number of urea groups is 1. The van der Waals surface area contributed by atoms with Crippen LogP contribution in [0.3, 0.4) is 0 Å². The lowest BCUT2D eigenvalue weighted by Crippen LogP contribution is -2.46. The lowest BCUT2D eigenvalue weighted by atomic mass is 10.0. The van der Waals surface area contributed by atoms with Gasteiger partial charge in [-0.25, -0.2) is 4.79 Å². The van der Waals surface area contributed by atoms with Crippen molar-refractivity contribution in [3.05, 3.63) is 0 Å². The molecule has 1 unspecified atom stereocenters. The Morgan fingerprint density at radius 2 is 1.18 bits per heavy atom. The average Bonchev–Trinajstić information content (AvgIpc) is 2.46. The predicted octanol–water partition coefficient (Wildman–Crippen LogP) is 3.60. The Bertz CT molecular complexity index is 296. The summed E-state index contributed by atoms with van der Waals surface area (Å²) in [4.78, 5) is 21.9. The molecule has 0 aromatic rings. The summed E-state index contributed by atoms with van der Waals surface area (Å²) in [5.41, 5.74) is 10.2. The molecular formula is C17H35N3O2. The molecule has 5 heteroatoms. The van der Waals surface area contributed by atoms with Crippen molar-refractivity contribution in [3.8, 4) is 0 Å². The molecule has 3 amide bonds. The lowest BCUT2D eigenvalue weighted by molar-refractivity contribution is -0.119. The summed E-state index contributed by atoms with van der Waals surface area (Å²) in [6, 6.07) is -1.32. The van der Waals surface area contributed by atoms with Crippen molar-refractivity contribution < 1.29 is 9.59 Å². The minimum atomic E-state index is -0.692. The number of rotatable bonds is 15. The largest absolute Gasteiger partial charge is 0.368 e. The van der Waals surface area contributed by atoms with Gasteiger partial charge in [0.25, 0.3) is 0 Å². The Balaban J connectivity index is 3.35. The fourth-order valence-corrected chi connectivity index (χ4v) is 2.65. The van der Waals surface area contributed by atoms with E-state index in [1.807, 2.05) is 0 Å². The minimum absolute atomic E-state index is 0.512. The lowest BCUT2D eigenvalue weighted by Gasteiger charge is -2.13. The molecule has 0 aliphatic heterocycles. The molecule has 0 heterocycles. The molecule has 0 saturated heterocycles. The van der Waals surface area contributed by atoms with Gasteiger partial charge in [0.1, 0.15) is 6.04 Å². The molecule has 5 nitrogen and oxygen atoms in total. The van der Waals surface area contributed by atoms with E-state index in [9.17, 15) is 9.59 Å². The number of unbranched alkanes of at least 4 members (excludes halogenated alkanes) is 11. The second-order valence-electron chi connectivity index (χ2n) is 6.14. The zero-order chi connectivity index (χ0) is 16.6. The van der Waals surface area contributed by atoms with Gasteiger partial charge in [-0.1, -0.05) is 84.0 Å². The third-order valence-corrected chi connectivity index (χ3v) is 4.01. The fraction of sp³-hybridized carbons (Fsp3) is 0.882. The minimum Gasteiger partial charge on any atom is -0.368 e. The first-order chi connectivity index (χ1) is 10.6. The molecule has 0 saturated carbocycles. The normalized spacial score (nSPS) is 12.0. The van der Waals surface area contributed by atoms with E-state index in [0.29, 0.717) is 6.42 Å². The molecule has 0 spiro atoms. The zero-order valence-electron chi connectivity index (χ0n) is 14.2. The highest BCUT2D eigenvalue weighted by Gasteiger charge is 2.15. The highest BCUT2D eigenvalue weighted by Crippen LogP contribution is 2.12. The third kappa shape index (κ3) is 13.7. The van der Waals surface area contributed by atoms with Crippen molar-refractivity contribution in [2.24, 2.45) is 11.5 Å². The van der Waals surface area contributed by atoms with Crippen LogP contribution in [0.2, 0.25) is 0 Å². The summed E-state index contributed by atoms with van der Waals surface area (Å²) in [6.07, 6.45) is 15.8. The van der Waals surface area contributed by atoms with Crippen LogP contribution < -0.4 is 16.8 Å². The van der Waals surface area contributed by atoms with Gasteiger partial charge in [0.15, 0.2) is 0 Å². The SMILES string of the molecule is CCCCCCCCCCCCCCC(NC(N)=O)C(N)=O. The van der Waals surface area contributed by atoms with Crippen molar-refractivity contribution in [1.82, 2.24) is 5.32 Å². The standard InChI is InChI=1S/C17H35N3O2/c1-2-3-4-5-6-7-8-9-10-11-12-13-14-15(16(18)21)20-17(19)22/h15H,2-14H2,1H3,(H2,18,21)(H3,19,20,22). The maximum absolute atomic E-state index is 11.1. The second kappa shape index (κ2) is 14.7. The first-order valence-corrected chi connectivity index (χ1v) is 8.93. The number of amides is 3. The van der Waals surface area contributed by atoms with Gasteiger partial charge in [-0.2, -0.15) is 0 Å². The zero-order valence-corrected chi connectivity index (χ0v) is 14.2. The van der Waals surface area contributed by atoms with E-state index in [1.165, 1.54) is 64.2 Å². The van der Waals surface area contributed by atoms with Gasteiger partial charge >= 0.3 is 6.03 Å². The van der Waals surface area contributed by atoms with E-state index in [4.69, 9.17) is 11.5 Å². The molecule has 22 heavy (non-hydrogen) atoms. The van der Waals surface area contributed by atoms with E-state index < -0.39 is 18.0 Å². The van der Waals surface area contributed by atoms with E-state index >= 15 is 0 Å². The molecular weight excluding hydrogens is 278 g/mol. The highest BCUT2D eigenvalue weighted by atomic mass is 16.2. The van der Waals surface area contributed by atoms with Crippen LogP contribution in [0.15, 0.2) is 0 Å². The number of carbonyl (C=O) groups excluding carboxylic acids is 2. The van der Waals surface area contributed by atoms with Gasteiger partial charge in [0.2, 0.25) is 5.91 Å². The van der Waals surface area contributed by atoms with Crippen LogP contribution in [0, 0.1) is 0 Å². The van der Waals surface area contributed by atoms with Crippen LogP contribution in [-0.2, 0) is 4.79 Å². The molecule has 0 bridgehead atoms. The van der Waals surface area contributed by atoms with Crippen LogP contribution in [0.25, 0.3) is 0 Å². The Morgan fingerprint density at radius 1 is 0.773 bits per heavy atom. The molecule has 0 aliphatic rings. The molecule has 0 fully saturated rings. The summed E-state index contributed by atoms with van der Waals surface area (Å²) >= 11 is 0. The van der Waals surface area contributed by atoms with Crippen molar-refractivity contribution in [1.29, 1.82) is 0 Å². The van der Waals surface area contributed by atoms with Gasteiger partial charge in [0, 0.05) is 0 Å². The predicted molar refractivity (Wildman–Crippen MR) is 91.4 cm³/mol. The number of primary amides is 2. The van der Waals surface area contributed by atoms with Gasteiger partial charge in [0.05, 0.1) is 0 Å². The fourth-order valence-electron chi connectivity index (χ4n) is 2.65. The van der Waals surface area contributed by atoms with Gasteiger partial charge in [-0.3, -0.25) is 4.79 Å². The number of hydrogen-bond acceptors (Lipinski definition) is 2. The van der Waals surface area contributed by atoms with Gasteiger partial charge < -0.3 is 16.8 Å². The van der Waals surface area contributed by atoms with Crippen LogP contribution >= 0.6 is 0 Å². The maximum Gasteiger partial charge on any atom is 0.312 e. The van der Waals surface area contributed by atoms with Crippen molar-refractivity contribution in [2.75, 3.05) is 0 Å². The molecule has 1 atom stereocenters. The average molecular weight is 313 g/mol. The molecule has 5 N–H and O–H groups in total. The summed E-state index contributed by atoms with van der Waals surface area (Å²) in [5, 5.41) is 2.38. The monoisotopic (exact) mass is 313 g/mol. The molecule has 0 radical (unpaired) electrons. The van der Waals surface area contributed by atoms with Crippen molar-refractivity contribution >= 4 is 11.9 Å². The molecule has 0 aliphatic carbocycles. The quantitative estimate of drug-likeness (QED) is 0.402. The molecule has 0 rings (SSSR count). The Labute approximate surface area is 135 Å². The third-order valence-electron chi connectivity index (χ3n) is 4.01. The smallest absolute Gasteiger partial charge is 0.312 e. The van der Waals surface area contributed by atoms with Crippen LogP contribution in [-0.4, -0.2) is 18.0 Å². The number of hydrogen-bond donors (Lipinski definition) is 3. The topological polar surface area (TPSA) is 98.2 Å². The molecule has 130 valence electrons. The Kier molecular flexibility index (Phi) is 13.8. The summed E-state index contributed by atoms with van der Waals surface area (Å²) in [6.45, 7) is 2.25.